The van der Waals surface area contributed by atoms with E-state index in [9.17, 15) is 19.8 Å². The fourth-order valence-corrected chi connectivity index (χ4v) is 7.13. The van der Waals surface area contributed by atoms with Gasteiger partial charge in [0.2, 0.25) is 5.91 Å². The van der Waals surface area contributed by atoms with Gasteiger partial charge >= 0.3 is 5.97 Å². The number of hydrogen-bond donors (Lipinski definition) is 3. The van der Waals surface area contributed by atoms with Crippen LogP contribution in [-0.4, -0.2) is 47.4 Å². The van der Waals surface area contributed by atoms with Crippen molar-refractivity contribution >= 4 is 11.9 Å². The SMILES string of the molecule is CCCCC/C=C\C/C=C\CCCCCCCC(=O)OCCCCCCCCCCCCCCCC(=O)NC(CO)C(O)/C=C/CCCCCCCCCCC. The normalized spacial score (nSPS) is 13.0. The summed E-state index contributed by atoms with van der Waals surface area (Å²) in [4.78, 5) is 24.4. The molecule has 56 heavy (non-hydrogen) atoms. The first-order valence-corrected chi connectivity index (χ1v) is 24.3. The number of carbonyl (C=O) groups excluding carboxylic acids is 2. The lowest BCUT2D eigenvalue weighted by molar-refractivity contribution is -0.143. The van der Waals surface area contributed by atoms with Crippen LogP contribution in [0.4, 0.5) is 0 Å². The molecular formula is C50H93NO5. The topological polar surface area (TPSA) is 95.9 Å². The van der Waals surface area contributed by atoms with Gasteiger partial charge in [-0.1, -0.05) is 204 Å². The van der Waals surface area contributed by atoms with Crippen LogP contribution in [0.5, 0.6) is 0 Å². The van der Waals surface area contributed by atoms with E-state index in [1.165, 1.54) is 148 Å². The van der Waals surface area contributed by atoms with Crippen LogP contribution < -0.4 is 5.32 Å². The fraction of sp³-hybridized carbons (Fsp3) is 0.840. The quantitative estimate of drug-likeness (QED) is 0.0325. The molecule has 328 valence electrons. The maximum Gasteiger partial charge on any atom is 0.305 e. The first-order valence-electron chi connectivity index (χ1n) is 24.3. The van der Waals surface area contributed by atoms with E-state index in [-0.39, 0.29) is 18.5 Å². The Kier molecular flexibility index (Phi) is 44.2. The van der Waals surface area contributed by atoms with Gasteiger partial charge in [-0.15, -0.1) is 0 Å². The number of esters is 1. The molecule has 0 heterocycles. The first kappa shape index (κ1) is 54.1. The smallest absolute Gasteiger partial charge is 0.305 e. The zero-order valence-corrected chi connectivity index (χ0v) is 37.1. The highest BCUT2D eigenvalue weighted by Gasteiger charge is 2.18. The van der Waals surface area contributed by atoms with Crippen LogP contribution in [0.15, 0.2) is 36.5 Å². The Labute approximate surface area is 347 Å². The van der Waals surface area contributed by atoms with Crippen LogP contribution in [0.1, 0.15) is 245 Å². The molecule has 0 aliphatic rings. The van der Waals surface area contributed by atoms with Crippen LogP contribution in [0.3, 0.4) is 0 Å². The zero-order chi connectivity index (χ0) is 40.8. The molecule has 0 aromatic heterocycles. The van der Waals surface area contributed by atoms with Crippen molar-refractivity contribution in [1.29, 1.82) is 0 Å². The Morgan fingerprint density at radius 3 is 1.39 bits per heavy atom. The van der Waals surface area contributed by atoms with Gasteiger partial charge < -0.3 is 20.3 Å². The molecule has 6 nitrogen and oxygen atoms in total. The number of carbonyl (C=O) groups is 2. The van der Waals surface area contributed by atoms with Gasteiger partial charge in [0.05, 0.1) is 25.4 Å². The van der Waals surface area contributed by atoms with Crippen LogP contribution in [-0.2, 0) is 14.3 Å². The highest BCUT2D eigenvalue weighted by atomic mass is 16.5. The lowest BCUT2D eigenvalue weighted by Gasteiger charge is -2.20. The van der Waals surface area contributed by atoms with Crippen molar-refractivity contribution in [3.8, 4) is 0 Å². The molecule has 0 fully saturated rings. The number of hydrogen-bond acceptors (Lipinski definition) is 5. The van der Waals surface area contributed by atoms with Crippen molar-refractivity contribution in [3.63, 3.8) is 0 Å². The molecule has 0 saturated heterocycles. The molecule has 0 bridgehead atoms. The predicted molar refractivity (Wildman–Crippen MR) is 241 cm³/mol. The minimum Gasteiger partial charge on any atom is -0.466 e. The van der Waals surface area contributed by atoms with Gasteiger partial charge in [0.15, 0.2) is 0 Å². The lowest BCUT2D eigenvalue weighted by atomic mass is 10.0. The number of aliphatic hydroxyl groups excluding tert-OH is 2. The van der Waals surface area contributed by atoms with Gasteiger partial charge in [-0.25, -0.2) is 0 Å². The number of ether oxygens (including phenoxy) is 1. The van der Waals surface area contributed by atoms with Crippen LogP contribution in [0.25, 0.3) is 0 Å². The average molecular weight is 788 g/mol. The van der Waals surface area contributed by atoms with E-state index in [4.69, 9.17) is 4.74 Å². The van der Waals surface area contributed by atoms with Crippen LogP contribution in [0.2, 0.25) is 0 Å². The van der Waals surface area contributed by atoms with Crippen molar-refractivity contribution in [3.05, 3.63) is 36.5 Å². The maximum absolute atomic E-state index is 12.4. The second kappa shape index (κ2) is 45.8. The Bertz CT molecular complexity index is 915. The Morgan fingerprint density at radius 1 is 0.500 bits per heavy atom. The summed E-state index contributed by atoms with van der Waals surface area (Å²) in [6.07, 6.45) is 54.2. The van der Waals surface area contributed by atoms with Gasteiger partial charge in [0.1, 0.15) is 0 Å². The van der Waals surface area contributed by atoms with E-state index >= 15 is 0 Å². The fourth-order valence-electron chi connectivity index (χ4n) is 7.13. The molecule has 3 N–H and O–H groups in total. The van der Waals surface area contributed by atoms with Gasteiger partial charge in [-0.3, -0.25) is 9.59 Å². The van der Waals surface area contributed by atoms with E-state index in [0.717, 1.165) is 70.6 Å². The van der Waals surface area contributed by atoms with Gasteiger partial charge in [-0.05, 0) is 64.2 Å². The summed E-state index contributed by atoms with van der Waals surface area (Å²) in [5.74, 6) is -0.106. The van der Waals surface area contributed by atoms with Crippen LogP contribution >= 0.6 is 0 Å². The molecular weight excluding hydrogens is 695 g/mol. The third kappa shape index (κ3) is 41.7. The second-order valence-electron chi connectivity index (χ2n) is 16.4. The molecule has 6 heteroatoms. The lowest BCUT2D eigenvalue weighted by Crippen LogP contribution is -2.45. The van der Waals surface area contributed by atoms with E-state index in [2.05, 4.69) is 43.5 Å². The number of allylic oxidation sites excluding steroid dienone is 5. The van der Waals surface area contributed by atoms with Crippen molar-refractivity contribution in [2.75, 3.05) is 13.2 Å². The molecule has 0 aromatic carbocycles. The highest BCUT2D eigenvalue weighted by Crippen LogP contribution is 2.15. The van der Waals surface area contributed by atoms with Crippen LogP contribution in [0, 0.1) is 0 Å². The number of unbranched alkanes of at least 4 members (excludes halogenated alkanes) is 29. The van der Waals surface area contributed by atoms with Gasteiger partial charge in [-0.2, -0.15) is 0 Å². The van der Waals surface area contributed by atoms with Crippen molar-refractivity contribution in [2.45, 2.75) is 257 Å². The summed E-state index contributed by atoms with van der Waals surface area (Å²) in [6, 6.07) is -0.637. The molecule has 2 unspecified atom stereocenters. The predicted octanol–water partition coefficient (Wildman–Crippen LogP) is 14.1. The van der Waals surface area contributed by atoms with Crippen molar-refractivity contribution in [1.82, 2.24) is 5.32 Å². The molecule has 0 radical (unpaired) electrons. The molecule has 0 aromatic rings. The number of rotatable bonds is 44. The van der Waals surface area contributed by atoms with Crippen molar-refractivity contribution < 1.29 is 24.5 Å². The molecule has 0 saturated carbocycles. The average Bonchev–Trinajstić information content (AvgIpc) is 3.20. The molecule has 0 aliphatic heterocycles. The summed E-state index contributed by atoms with van der Waals surface area (Å²) in [5.41, 5.74) is 0. The van der Waals surface area contributed by atoms with E-state index < -0.39 is 12.1 Å². The number of aliphatic hydroxyl groups is 2. The third-order valence-corrected chi connectivity index (χ3v) is 10.9. The Hall–Kier alpha value is -1.92. The summed E-state index contributed by atoms with van der Waals surface area (Å²) >= 11 is 0. The molecule has 0 rings (SSSR count). The standard InChI is InChI=1S/C50H93NO5/c1-3-5-7-9-11-13-15-16-17-20-24-28-32-36-40-44-50(55)56-45-41-37-33-29-25-21-18-19-23-27-31-35-39-43-49(54)51-47(46-52)48(53)42-38-34-30-26-22-14-12-10-8-6-4-2/h11,13,16-17,38,42,47-48,52-53H,3-10,12,14-15,18-37,39-41,43-46H2,1-2H3,(H,51,54)/b13-11-,17-16-,42-38+. The molecule has 0 spiro atoms. The third-order valence-electron chi connectivity index (χ3n) is 10.9. The summed E-state index contributed by atoms with van der Waals surface area (Å²) < 4.78 is 5.45. The summed E-state index contributed by atoms with van der Waals surface area (Å²) in [5, 5.41) is 22.9. The second-order valence-corrected chi connectivity index (χ2v) is 16.4. The monoisotopic (exact) mass is 788 g/mol. The van der Waals surface area contributed by atoms with E-state index in [0.29, 0.717) is 19.4 Å². The summed E-state index contributed by atoms with van der Waals surface area (Å²) in [6.45, 7) is 4.81. The molecule has 1 amide bonds. The number of nitrogens with one attached hydrogen (secondary N) is 1. The molecule has 0 aliphatic carbocycles. The van der Waals surface area contributed by atoms with E-state index in [1.807, 2.05) is 6.08 Å². The van der Waals surface area contributed by atoms with Gasteiger partial charge in [0.25, 0.3) is 0 Å². The minimum atomic E-state index is -0.852. The maximum atomic E-state index is 12.4. The van der Waals surface area contributed by atoms with E-state index in [1.54, 1.807) is 6.08 Å². The number of amides is 1. The van der Waals surface area contributed by atoms with Gasteiger partial charge in [0, 0.05) is 12.8 Å². The zero-order valence-electron chi connectivity index (χ0n) is 37.1. The highest BCUT2D eigenvalue weighted by molar-refractivity contribution is 5.76. The first-order chi connectivity index (χ1) is 27.5. The van der Waals surface area contributed by atoms with Crippen molar-refractivity contribution in [2.24, 2.45) is 0 Å². The minimum absolute atomic E-state index is 0.0219. The Morgan fingerprint density at radius 2 is 0.893 bits per heavy atom. The summed E-state index contributed by atoms with van der Waals surface area (Å²) in [7, 11) is 0. The Balaban J connectivity index is 3.49. The molecule has 2 atom stereocenters. The largest absolute Gasteiger partial charge is 0.466 e.